The van der Waals surface area contributed by atoms with Crippen LogP contribution in [0, 0.1) is 20.8 Å². The number of nitrogens with one attached hydrogen (secondary N) is 2. The van der Waals surface area contributed by atoms with Gasteiger partial charge in [0.1, 0.15) is 28.8 Å². The Hall–Kier alpha value is -3.99. The number of ether oxygens (including phenoxy) is 1. The number of fused-ring (bicyclic) bond motifs is 3. The van der Waals surface area contributed by atoms with E-state index >= 15 is 0 Å². The highest BCUT2D eigenvalue weighted by Crippen LogP contribution is 2.42. The maximum atomic E-state index is 13.8. The molecule has 6 rings (SSSR count). The molecule has 0 aliphatic carbocycles. The summed E-state index contributed by atoms with van der Waals surface area (Å²) in [7, 11) is 1.63. The molecule has 0 saturated carbocycles. The van der Waals surface area contributed by atoms with Crippen LogP contribution in [0.3, 0.4) is 0 Å². The monoisotopic (exact) mass is 588 g/mol. The molecule has 1 atom stereocenters. The number of Topliss-reactive ketones (excluding diaryl/α,β-unsaturated/α-hetero) is 1. The summed E-state index contributed by atoms with van der Waals surface area (Å²) >= 11 is 6.46. The van der Waals surface area contributed by atoms with Crippen molar-refractivity contribution in [2.75, 3.05) is 25.5 Å². The summed E-state index contributed by atoms with van der Waals surface area (Å²) < 4.78 is 11.3. The van der Waals surface area contributed by atoms with Crippen molar-refractivity contribution in [2.24, 2.45) is 0 Å². The minimum Gasteiger partial charge on any atom is -0.496 e. The van der Waals surface area contributed by atoms with Gasteiger partial charge in [-0.2, -0.15) is 0 Å². The maximum absolute atomic E-state index is 13.8. The molecule has 42 heavy (non-hydrogen) atoms. The van der Waals surface area contributed by atoms with E-state index in [1.165, 1.54) is 0 Å². The number of aryl methyl sites for hydroxylation is 3. The predicted octanol–water partition coefficient (Wildman–Crippen LogP) is 5.66. The number of methoxy groups -OCH3 is 1. The van der Waals surface area contributed by atoms with Gasteiger partial charge in [0.15, 0.2) is 11.4 Å². The van der Waals surface area contributed by atoms with Gasteiger partial charge in [-0.25, -0.2) is 9.97 Å². The van der Waals surface area contributed by atoms with Crippen molar-refractivity contribution in [3.8, 4) is 16.9 Å². The molecule has 2 aromatic carbocycles. The van der Waals surface area contributed by atoms with E-state index in [0.29, 0.717) is 65.3 Å². The molecule has 0 radical (unpaired) electrons. The smallest absolute Gasteiger partial charge is 0.178 e. The molecule has 0 amide bonds. The van der Waals surface area contributed by atoms with Crippen molar-refractivity contribution in [2.45, 2.75) is 52.3 Å². The number of benzene rings is 2. The highest BCUT2D eigenvalue weighted by Gasteiger charge is 2.45. The number of carbonyl (C=O) groups excluding carboxylic acids is 1. The first-order valence-corrected chi connectivity index (χ1v) is 14.3. The Morgan fingerprint density at radius 1 is 1.19 bits per heavy atom. The van der Waals surface area contributed by atoms with Gasteiger partial charge in [-0.1, -0.05) is 28.9 Å². The number of likely N-dealkylation sites (tertiary alicyclic amines) is 1. The van der Waals surface area contributed by atoms with Crippen molar-refractivity contribution in [3.05, 3.63) is 64.3 Å². The van der Waals surface area contributed by atoms with Crippen molar-refractivity contribution in [1.29, 1.82) is 0 Å². The van der Waals surface area contributed by atoms with E-state index in [2.05, 4.69) is 20.4 Å². The molecule has 218 valence electrons. The van der Waals surface area contributed by atoms with Crippen LogP contribution < -0.4 is 10.1 Å². The molecule has 1 aliphatic rings. The lowest BCUT2D eigenvalue weighted by Gasteiger charge is -2.46. The molecule has 0 spiro atoms. The van der Waals surface area contributed by atoms with Gasteiger partial charge in [0, 0.05) is 40.1 Å². The van der Waals surface area contributed by atoms with E-state index in [-0.39, 0.29) is 5.78 Å². The molecule has 3 N–H and O–H groups in total. The second-order valence-corrected chi connectivity index (χ2v) is 11.3. The highest BCUT2D eigenvalue weighted by molar-refractivity contribution is 6.30. The number of aromatic amines is 1. The van der Waals surface area contributed by atoms with Gasteiger partial charge in [-0.15, -0.1) is 0 Å². The molecule has 10 nitrogen and oxygen atoms in total. The number of aromatic nitrogens is 4. The number of carbonyl (C=O) groups is 1. The molecular weight excluding hydrogens is 556 g/mol. The van der Waals surface area contributed by atoms with Crippen LogP contribution in [-0.2, 0) is 10.5 Å². The molecule has 11 heteroatoms. The van der Waals surface area contributed by atoms with Crippen molar-refractivity contribution in [1.82, 2.24) is 25.0 Å². The second-order valence-electron chi connectivity index (χ2n) is 10.9. The highest BCUT2D eigenvalue weighted by atomic mass is 35.5. The molecule has 0 unspecified atom stereocenters. The molecular formula is C31H33ClN6O4. The summed E-state index contributed by atoms with van der Waals surface area (Å²) in [5.41, 5.74) is 3.33. The number of rotatable bonds is 7. The zero-order valence-electron chi connectivity index (χ0n) is 24.2. The van der Waals surface area contributed by atoms with E-state index in [0.717, 1.165) is 33.1 Å². The van der Waals surface area contributed by atoms with Crippen LogP contribution in [-0.4, -0.2) is 62.2 Å². The van der Waals surface area contributed by atoms with Crippen LogP contribution in [0.25, 0.3) is 33.1 Å². The number of H-pyrrole nitrogens is 1. The van der Waals surface area contributed by atoms with Crippen LogP contribution in [0.4, 0.5) is 5.82 Å². The van der Waals surface area contributed by atoms with Gasteiger partial charge in [0.05, 0.1) is 29.9 Å². The Balaban J connectivity index is 1.59. The third-order valence-corrected chi connectivity index (χ3v) is 8.41. The third-order valence-electron chi connectivity index (χ3n) is 8.18. The quantitative estimate of drug-likeness (QED) is 0.220. The van der Waals surface area contributed by atoms with E-state index in [9.17, 15) is 9.90 Å². The number of hydrogen-bond donors (Lipinski definition) is 3. The predicted molar refractivity (Wildman–Crippen MR) is 162 cm³/mol. The average Bonchev–Trinajstić information content (AvgIpc) is 3.48. The van der Waals surface area contributed by atoms with Crippen molar-refractivity contribution in [3.63, 3.8) is 0 Å². The average molecular weight is 589 g/mol. The summed E-state index contributed by atoms with van der Waals surface area (Å²) in [6, 6.07) is 11.3. The number of hydrogen-bond acceptors (Lipinski definition) is 9. The lowest BCUT2D eigenvalue weighted by atomic mass is 9.90. The van der Waals surface area contributed by atoms with Crippen LogP contribution in [0.5, 0.6) is 5.75 Å². The van der Waals surface area contributed by atoms with Gasteiger partial charge in [0.25, 0.3) is 0 Å². The number of ketones is 1. The van der Waals surface area contributed by atoms with E-state index in [4.69, 9.17) is 30.8 Å². The molecule has 4 heterocycles. The lowest BCUT2D eigenvalue weighted by Crippen LogP contribution is -2.59. The topological polar surface area (TPSA) is 129 Å². The molecule has 1 saturated heterocycles. The Labute approximate surface area is 248 Å². The number of aliphatic hydroxyl groups is 1. The lowest BCUT2D eigenvalue weighted by molar-refractivity contribution is -0.129. The van der Waals surface area contributed by atoms with Crippen molar-refractivity contribution >= 4 is 45.1 Å². The van der Waals surface area contributed by atoms with E-state index < -0.39 is 11.8 Å². The molecule has 1 fully saturated rings. The van der Waals surface area contributed by atoms with Crippen LogP contribution in [0.15, 0.2) is 40.9 Å². The van der Waals surface area contributed by atoms with Gasteiger partial charge in [-0.05, 0) is 64.8 Å². The van der Waals surface area contributed by atoms with Gasteiger partial charge >= 0.3 is 0 Å². The largest absolute Gasteiger partial charge is 0.496 e. The summed E-state index contributed by atoms with van der Waals surface area (Å²) in [6.45, 7) is 8.18. The van der Waals surface area contributed by atoms with Crippen LogP contribution in [0.2, 0.25) is 5.02 Å². The summed E-state index contributed by atoms with van der Waals surface area (Å²) in [5.74, 6) is 2.24. The zero-order chi connectivity index (χ0) is 29.8. The Morgan fingerprint density at radius 3 is 2.60 bits per heavy atom. The minimum atomic E-state index is -1.29. The summed E-state index contributed by atoms with van der Waals surface area (Å²) in [4.78, 5) is 28.9. The fourth-order valence-electron chi connectivity index (χ4n) is 6.19. The number of aliphatic hydroxyl groups excluding tert-OH is 1. The Kier molecular flexibility index (Phi) is 7.16. The minimum absolute atomic E-state index is 0.122. The van der Waals surface area contributed by atoms with Gasteiger partial charge in [-0.3, -0.25) is 9.69 Å². The van der Waals surface area contributed by atoms with Gasteiger partial charge in [0.2, 0.25) is 0 Å². The number of anilines is 1. The second kappa shape index (κ2) is 10.7. The maximum Gasteiger partial charge on any atom is 0.178 e. The molecule has 1 aliphatic heterocycles. The first-order chi connectivity index (χ1) is 20.1. The molecule has 5 aromatic rings. The standard InChI is InChI=1S/C31H33ClN6O4/c1-16-27(17(2)42-37-16)24-14-25-23(15-26(24)41-5)28-29(35-25)33-19(4)34-30(28)36-31(18(3)39,20-7-6-8-21(32)13-20)38-11-9-22(40)10-12-38/h6-8,13-15,22,40H,9-12H2,1-5H3,(H2,33,34,35,36)/t31-/m0/s1. The fourth-order valence-corrected chi connectivity index (χ4v) is 6.38. The van der Waals surface area contributed by atoms with Crippen LogP contribution >= 0.6 is 11.6 Å². The number of nitrogens with zero attached hydrogens (tertiary/aromatic N) is 4. The Bertz CT molecular complexity index is 1800. The van der Waals surface area contributed by atoms with Crippen LogP contribution in [0.1, 0.15) is 42.6 Å². The number of piperidine rings is 1. The molecule has 3 aromatic heterocycles. The Morgan fingerprint density at radius 2 is 1.95 bits per heavy atom. The van der Waals surface area contributed by atoms with E-state index in [1.54, 1.807) is 26.2 Å². The van der Waals surface area contributed by atoms with Crippen molar-refractivity contribution < 1.29 is 19.2 Å². The summed E-state index contributed by atoms with van der Waals surface area (Å²) in [5, 5.41) is 20.1. The first kappa shape index (κ1) is 28.1. The molecule has 0 bridgehead atoms. The normalized spacial score (nSPS) is 16.2. The summed E-state index contributed by atoms with van der Waals surface area (Å²) in [6.07, 6.45) is 0.681. The third kappa shape index (κ3) is 4.59. The fraction of sp³-hybridized carbons (Fsp3) is 0.355. The van der Waals surface area contributed by atoms with E-state index in [1.807, 2.05) is 45.0 Å². The zero-order valence-corrected chi connectivity index (χ0v) is 25.0. The SMILES string of the molecule is COc1cc2c(cc1-c1c(C)noc1C)[nH]c1nc(C)nc(N[C@](C(C)=O)(c3cccc(Cl)c3)N3CCC(O)CC3)c12. The van der Waals surface area contributed by atoms with Gasteiger partial charge < -0.3 is 24.7 Å². The number of halogens is 1. The first-order valence-electron chi connectivity index (χ1n) is 13.9.